The van der Waals surface area contributed by atoms with Gasteiger partial charge in [0.2, 0.25) is 0 Å². The summed E-state index contributed by atoms with van der Waals surface area (Å²) in [7, 11) is 0. The highest BCUT2D eigenvalue weighted by molar-refractivity contribution is 6.32. The highest BCUT2D eigenvalue weighted by atomic mass is 35.5. The summed E-state index contributed by atoms with van der Waals surface area (Å²) in [6.45, 7) is 0.319. The number of ether oxygens (including phenoxy) is 1. The van der Waals surface area contributed by atoms with Crippen LogP contribution in [-0.2, 0) is 0 Å². The second kappa shape index (κ2) is 5.02. The Hall–Kier alpha value is -1.00. The molecule has 0 aliphatic heterocycles. The van der Waals surface area contributed by atoms with Crippen LogP contribution in [0, 0.1) is 10.1 Å². The standard InChI is InChI=1S/C8H7Cl2NO3/c9-3-4-14-8-2-1-6(11(12)13)5-7(8)10/h1-2,5H,3-4H2. The van der Waals surface area contributed by atoms with E-state index >= 15 is 0 Å². The zero-order valence-corrected chi connectivity index (χ0v) is 8.59. The van der Waals surface area contributed by atoms with Crippen LogP contribution in [0.1, 0.15) is 0 Å². The van der Waals surface area contributed by atoms with Crippen molar-refractivity contribution in [2.75, 3.05) is 12.5 Å². The Morgan fingerprint density at radius 1 is 1.50 bits per heavy atom. The average Bonchev–Trinajstić information content (AvgIpc) is 2.15. The Kier molecular flexibility index (Phi) is 3.98. The lowest BCUT2D eigenvalue weighted by molar-refractivity contribution is -0.384. The fraction of sp³-hybridized carbons (Fsp3) is 0.250. The summed E-state index contributed by atoms with van der Waals surface area (Å²) < 4.78 is 5.13. The molecule has 0 saturated carbocycles. The molecule has 1 aromatic carbocycles. The normalized spacial score (nSPS) is 9.86. The Morgan fingerprint density at radius 3 is 2.71 bits per heavy atom. The van der Waals surface area contributed by atoms with Gasteiger partial charge >= 0.3 is 0 Å². The number of hydrogen-bond acceptors (Lipinski definition) is 3. The molecular formula is C8H7Cl2NO3. The summed E-state index contributed by atoms with van der Waals surface area (Å²) in [4.78, 5) is 9.85. The first kappa shape index (κ1) is 11.1. The van der Waals surface area contributed by atoms with E-state index in [4.69, 9.17) is 27.9 Å². The number of hydrogen-bond donors (Lipinski definition) is 0. The maximum Gasteiger partial charge on any atom is 0.271 e. The van der Waals surface area contributed by atoms with Crippen LogP contribution in [0.4, 0.5) is 5.69 Å². The third kappa shape index (κ3) is 2.75. The molecular weight excluding hydrogens is 229 g/mol. The predicted octanol–water partition coefficient (Wildman–Crippen LogP) is 2.87. The van der Waals surface area contributed by atoms with Crippen molar-refractivity contribution in [3.63, 3.8) is 0 Å². The summed E-state index contributed by atoms with van der Waals surface area (Å²) in [6, 6.07) is 4.02. The number of non-ortho nitro benzene ring substituents is 1. The SMILES string of the molecule is O=[N+]([O-])c1ccc(OCCCl)c(Cl)c1. The van der Waals surface area contributed by atoms with Crippen LogP contribution >= 0.6 is 23.2 Å². The van der Waals surface area contributed by atoms with Crippen molar-refractivity contribution in [1.82, 2.24) is 0 Å². The number of benzene rings is 1. The molecule has 1 aromatic rings. The summed E-state index contributed by atoms with van der Waals surface area (Å²) >= 11 is 11.1. The first-order chi connectivity index (χ1) is 6.65. The van der Waals surface area contributed by atoms with E-state index in [1.807, 2.05) is 0 Å². The zero-order chi connectivity index (χ0) is 10.6. The van der Waals surface area contributed by atoms with Crippen molar-refractivity contribution in [1.29, 1.82) is 0 Å². The van der Waals surface area contributed by atoms with Crippen LogP contribution in [0.2, 0.25) is 5.02 Å². The van der Waals surface area contributed by atoms with Crippen molar-refractivity contribution in [3.8, 4) is 5.75 Å². The minimum absolute atomic E-state index is 0.0618. The molecule has 0 radical (unpaired) electrons. The van der Waals surface area contributed by atoms with Gasteiger partial charge in [0.1, 0.15) is 12.4 Å². The van der Waals surface area contributed by atoms with Gasteiger partial charge in [-0.25, -0.2) is 0 Å². The van der Waals surface area contributed by atoms with Gasteiger partial charge in [-0.3, -0.25) is 10.1 Å². The van der Waals surface area contributed by atoms with E-state index in [0.717, 1.165) is 0 Å². The molecule has 0 atom stereocenters. The van der Waals surface area contributed by atoms with Crippen LogP contribution in [0.5, 0.6) is 5.75 Å². The zero-order valence-electron chi connectivity index (χ0n) is 7.07. The van der Waals surface area contributed by atoms with Crippen molar-refractivity contribution in [2.45, 2.75) is 0 Å². The van der Waals surface area contributed by atoms with Gasteiger partial charge < -0.3 is 4.74 Å². The minimum atomic E-state index is -0.517. The molecule has 0 spiro atoms. The third-order valence-electron chi connectivity index (χ3n) is 1.46. The van der Waals surface area contributed by atoms with E-state index in [-0.39, 0.29) is 10.7 Å². The largest absolute Gasteiger partial charge is 0.491 e. The molecule has 0 bridgehead atoms. The molecule has 14 heavy (non-hydrogen) atoms. The Morgan fingerprint density at radius 2 is 2.21 bits per heavy atom. The molecule has 0 fully saturated rings. The van der Waals surface area contributed by atoms with Gasteiger partial charge in [-0.15, -0.1) is 11.6 Å². The van der Waals surface area contributed by atoms with Crippen molar-refractivity contribution >= 4 is 28.9 Å². The number of halogens is 2. The monoisotopic (exact) mass is 235 g/mol. The van der Waals surface area contributed by atoms with E-state index in [2.05, 4.69) is 0 Å². The van der Waals surface area contributed by atoms with Gasteiger partial charge in [0.05, 0.1) is 15.8 Å². The molecule has 0 heterocycles. The van der Waals surface area contributed by atoms with Crippen LogP contribution in [0.15, 0.2) is 18.2 Å². The molecule has 0 aromatic heterocycles. The van der Waals surface area contributed by atoms with Gasteiger partial charge in [0.15, 0.2) is 0 Å². The highest BCUT2D eigenvalue weighted by Gasteiger charge is 2.09. The maximum atomic E-state index is 10.4. The Balaban J connectivity index is 2.84. The van der Waals surface area contributed by atoms with Crippen LogP contribution in [-0.4, -0.2) is 17.4 Å². The first-order valence-electron chi connectivity index (χ1n) is 3.78. The summed E-state index contributed by atoms with van der Waals surface area (Å²) in [5, 5.41) is 10.6. The van der Waals surface area contributed by atoms with Gasteiger partial charge in [0, 0.05) is 12.1 Å². The second-order valence-electron chi connectivity index (χ2n) is 2.41. The first-order valence-corrected chi connectivity index (χ1v) is 4.69. The van der Waals surface area contributed by atoms with Crippen molar-refractivity contribution in [3.05, 3.63) is 33.3 Å². The summed E-state index contributed by atoms with van der Waals surface area (Å²) in [6.07, 6.45) is 0. The van der Waals surface area contributed by atoms with E-state index in [9.17, 15) is 10.1 Å². The van der Waals surface area contributed by atoms with Gasteiger partial charge in [-0.05, 0) is 6.07 Å². The van der Waals surface area contributed by atoms with Gasteiger partial charge in [-0.1, -0.05) is 11.6 Å². The van der Waals surface area contributed by atoms with Crippen LogP contribution in [0.25, 0.3) is 0 Å². The Labute approximate surface area is 90.5 Å². The molecule has 0 aliphatic carbocycles. The smallest absolute Gasteiger partial charge is 0.271 e. The summed E-state index contributed by atoms with van der Waals surface area (Å²) in [5.41, 5.74) is -0.0618. The third-order valence-corrected chi connectivity index (χ3v) is 1.91. The number of alkyl halides is 1. The van der Waals surface area contributed by atoms with E-state index < -0.39 is 4.92 Å². The highest BCUT2D eigenvalue weighted by Crippen LogP contribution is 2.28. The minimum Gasteiger partial charge on any atom is -0.491 e. The van der Waals surface area contributed by atoms with Crippen LogP contribution in [0.3, 0.4) is 0 Å². The van der Waals surface area contributed by atoms with Crippen LogP contribution < -0.4 is 4.74 Å². The fourth-order valence-electron chi connectivity index (χ4n) is 0.869. The van der Waals surface area contributed by atoms with Gasteiger partial charge in [0.25, 0.3) is 5.69 Å². The fourth-order valence-corrected chi connectivity index (χ4v) is 1.18. The summed E-state index contributed by atoms with van der Waals surface area (Å²) in [5.74, 6) is 0.741. The van der Waals surface area contributed by atoms with E-state index in [0.29, 0.717) is 18.2 Å². The Bertz CT molecular complexity index is 343. The van der Waals surface area contributed by atoms with Crippen molar-refractivity contribution in [2.24, 2.45) is 0 Å². The van der Waals surface area contributed by atoms with Crippen molar-refractivity contribution < 1.29 is 9.66 Å². The molecule has 0 unspecified atom stereocenters. The second-order valence-corrected chi connectivity index (χ2v) is 3.19. The van der Waals surface area contributed by atoms with Gasteiger partial charge in [-0.2, -0.15) is 0 Å². The lowest BCUT2D eigenvalue weighted by atomic mass is 10.3. The van der Waals surface area contributed by atoms with E-state index in [1.165, 1.54) is 18.2 Å². The topological polar surface area (TPSA) is 52.4 Å². The van der Waals surface area contributed by atoms with E-state index in [1.54, 1.807) is 0 Å². The lowest BCUT2D eigenvalue weighted by Gasteiger charge is -2.04. The molecule has 0 saturated heterocycles. The number of nitrogens with zero attached hydrogens (tertiary/aromatic N) is 1. The molecule has 1 rings (SSSR count). The molecule has 0 aliphatic rings. The molecule has 0 N–H and O–H groups in total. The average molecular weight is 236 g/mol. The molecule has 0 amide bonds. The number of nitro groups is 1. The predicted molar refractivity (Wildman–Crippen MR) is 54.3 cm³/mol. The maximum absolute atomic E-state index is 10.4. The quantitative estimate of drug-likeness (QED) is 0.458. The lowest BCUT2D eigenvalue weighted by Crippen LogP contribution is -1.98. The number of rotatable bonds is 4. The number of nitro benzene ring substituents is 1. The molecule has 4 nitrogen and oxygen atoms in total. The molecule has 76 valence electrons. The molecule has 6 heteroatoms.